The number of ether oxygens (including phenoxy) is 3. The fourth-order valence-electron chi connectivity index (χ4n) is 3.57. The van der Waals surface area contributed by atoms with E-state index in [1.165, 1.54) is 0 Å². The van der Waals surface area contributed by atoms with Gasteiger partial charge in [0.15, 0.2) is 6.61 Å². The second-order valence-electron chi connectivity index (χ2n) is 7.14. The number of H-pyrrole nitrogens is 1. The molecule has 1 aliphatic rings. The molecule has 2 heterocycles. The van der Waals surface area contributed by atoms with E-state index in [0.717, 1.165) is 36.0 Å². The molecule has 3 aromatic rings. The molecular weight excluding hydrogens is 370 g/mol. The summed E-state index contributed by atoms with van der Waals surface area (Å²) in [6, 6.07) is 14.3. The summed E-state index contributed by atoms with van der Waals surface area (Å²) in [6.07, 6.45) is 2.21. The van der Waals surface area contributed by atoms with Crippen LogP contribution in [0.15, 0.2) is 48.5 Å². The maximum atomic E-state index is 12.6. The van der Waals surface area contributed by atoms with Crippen molar-refractivity contribution < 1.29 is 23.8 Å². The molecular formula is C23H23NO5. The van der Waals surface area contributed by atoms with E-state index in [-0.39, 0.29) is 18.5 Å². The Balaban J connectivity index is 1.34. The van der Waals surface area contributed by atoms with Gasteiger partial charge < -0.3 is 19.2 Å². The van der Waals surface area contributed by atoms with E-state index in [1.807, 2.05) is 31.2 Å². The quantitative estimate of drug-likeness (QED) is 0.484. The maximum Gasteiger partial charge on any atom is 0.338 e. The van der Waals surface area contributed by atoms with Crippen molar-refractivity contribution in [2.24, 2.45) is 0 Å². The van der Waals surface area contributed by atoms with Crippen LogP contribution >= 0.6 is 0 Å². The van der Waals surface area contributed by atoms with Crippen LogP contribution in [0.4, 0.5) is 0 Å². The van der Waals surface area contributed by atoms with Crippen LogP contribution in [0.5, 0.6) is 5.75 Å². The number of carbonyl (C=O) groups is 2. The number of fused-ring (bicyclic) bond motifs is 1. The van der Waals surface area contributed by atoms with Gasteiger partial charge in [-0.25, -0.2) is 4.79 Å². The number of hydrogen-bond donors (Lipinski definition) is 1. The Morgan fingerprint density at radius 2 is 1.93 bits per heavy atom. The predicted octanol–water partition coefficient (Wildman–Crippen LogP) is 4.07. The van der Waals surface area contributed by atoms with Crippen molar-refractivity contribution in [1.82, 2.24) is 4.98 Å². The van der Waals surface area contributed by atoms with Gasteiger partial charge in [0.25, 0.3) is 0 Å². The van der Waals surface area contributed by atoms with Crippen LogP contribution in [-0.2, 0) is 9.47 Å². The summed E-state index contributed by atoms with van der Waals surface area (Å²) in [6.45, 7) is 2.82. The third-order valence-electron chi connectivity index (χ3n) is 5.06. The molecule has 0 aliphatic carbocycles. The molecule has 1 unspecified atom stereocenters. The number of rotatable bonds is 7. The standard InChI is InChI=1S/C23H23NO5/c1-15-22(19-6-2-3-7-20(19)24-15)21(25)14-29-23(26)16-8-10-17(11-9-16)28-13-18-5-4-12-27-18/h2-3,6-11,18,24H,4-5,12-14H2,1H3. The van der Waals surface area contributed by atoms with Crippen LogP contribution < -0.4 is 4.74 Å². The molecule has 0 saturated carbocycles. The second-order valence-corrected chi connectivity index (χ2v) is 7.14. The molecule has 0 amide bonds. The summed E-state index contributed by atoms with van der Waals surface area (Å²) in [5.74, 6) is -0.103. The Hall–Kier alpha value is -3.12. The van der Waals surface area contributed by atoms with Gasteiger partial charge in [0.2, 0.25) is 5.78 Å². The summed E-state index contributed by atoms with van der Waals surface area (Å²) in [5, 5.41) is 0.832. The molecule has 29 heavy (non-hydrogen) atoms. The number of esters is 1. The van der Waals surface area contributed by atoms with Gasteiger partial charge in [-0.1, -0.05) is 18.2 Å². The molecule has 150 valence electrons. The average molecular weight is 393 g/mol. The van der Waals surface area contributed by atoms with Crippen molar-refractivity contribution in [2.75, 3.05) is 19.8 Å². The van der Waals surface area contributed by atoms with E-state index in [0.29, 0.717) is 23.5 Å². The normalized spacial score (nSPS) is 16.1. The molecule has 1 N–H and O–H groups in total. The number of carbonyl (C=O) groups excluding carboxylic acids is 2. The van der Waals surface area contributed by atoms with Gasteiger partial charge in [0.05, 0.1) is 11.7 Å². The van der Waals surface area contributed by atoms with Crippen molar-refractivity contribution in [3.8, 4) is 5.75 Å². The Kier molecular flexibility index (Phi) is 5.62. The lowest BCUT2D eigenvalue weighted by atomic mass is 10.1. The monoisotopic (exact) mass is 393 g/mol. The zero-order valence-electron chi connectivity index (χ0n) is 16.3. The van der Waals surface area contributed by atoms with E-state index >= 15 is 0 Å². The lowest BCUT2D eigenvalue weighted by Crippen LogP contribution is -2.16. The van der Waals surface area contributed by atoms with E-state index in [1.54, 1.807) is 24.3 Å². The minimum Gasteiger partial charge on any atom is -0.491 e. The molecule has 6 nitrogen and oxygen atoms in total. The number of para-hydroxylation sites is 1. The molecule has 6 heteroatoms. The zero-order chi connectivity index (χ0) is 20.2. The smallest absolute Gasteiger partial charge is 0.338 e. The first-order valence-electron chi connectivity index (χ1n) is 9.74. The first kappa shape index (κ1) is 19.2. The van der Waals surface area contributed by atoms with E-state index in [4.69, 9.17) is 14.2 Å². The van der Waals surface area contributed by atoms with Crippen molar-refractivity contribution in [2.45, 2.75) is 25.9 Å². The van der Waals surface area contributed by atoms with Crippen LogP contribution in [0.25, 0.3) is 10.9 Å². The van der Waals surface area contributed by atoms with Crippen LogP contribution in [0.2, 0.25) is 0 Å². The van der Waals surface area contributed by atoms with Gasteiger partial charge in [-0.05, 0) is 50.1 Å². The van der Waals surface area contributed by atoms with Crippen molar-refractivity contribution >= 4 is 22.7 Å². The van der Waals surface area contributed by atoms with Crippen LogP contribution in [0, 0.1) is 6.92 Å². The molecule has 0 spiro atoms. The van der Waals surface area contributed by atoms with Crippen LogP contribution in [0.1, 0.15) is 39.3 Å². The molecule has 0 radical (unpaired) electrons. The predicted molar refractivity (Wildman–Crippen MR) is 109 cm³/mol. The number of benzene rings is 2. The Morgan fingerprint density at radius 3 is 2.69 bits per heavy atom. The number of aromatic amines is 1. The topological polar surface area (TPSA) is 77.6 Å². The molecule has 0 bridgehead atoms. The molecule has 1 saturated heterocycles. The summed E-state index contributed by atoms with van der Waals surface area (Å²) >= 11 is 0. The van der Waals surface area contributed by atoms with E-state index in [9.17, 15) is 9.59 Å². The van der Waals surface area contributed by atoms with Gasteiger partial charge >= 0.3 is 5.97 Å². The lowest BCUT2D eigenvalue weighted by molar-refractivity contribution is 0.0474. The Labute approximate surface area is 168 Å². The molecule has 1 fully saturated rings. The largest absolute Gasteiger partial charge is 0.491 e. The fourth-order valence-corrected chi connectivity index (χ4v) is 3.57. The third kappa shape index (κ3) is 4.32. The summed E-state index contributed by atoms with van der Waals surface area (Å²) in [7, 11) is 0. The van der Waals surface area contributed by atoms with Crippen molar-refractivity contribution in [3.63, 3.8) is 0 Å². The molecule has 4 rings (SSSR count). The van der Waals surface area contributed by atoms with Gasteiger partial charge in [0, 0.05) is 28.8 Å². The van der Waals surface area contributed by atoms with E-state index in [2.05, 4.69) is 4.98 Å². The first-order valence-corrected chi connectivity index (χ1v) is 9.74. The van der Waals surface area contributed by atoms with Crippen LogP contribution in [-0.4, -0.2) is 42.7 Å². The summed E-state index contributed by atoms with van der Waals surface area (Å²) in [5.41, 5.74) is 2.59. The van der Waals surface area contributed by atoms with Crippen molar-refractivity contribution in [1.29, 1.82) is 0 Å². The highest BCUT2D eigenvalue weighted by atomic mass is 16.5. The molecule has 1 aliphatic heterocycles. The average Bonchev–Trinajstić information content (AvgIpc) is 3.37. The highest BCUT2D eigenvalue weighted by molar-refractivity contribution is 6.10. The van der Waals surface area contributed by atoms with E-state index < -0.39 is 5.97 Å². The second kappa shape index (κ2) is 8.49. The number of aryl methyl sites for hydroxylation is 1. The molecule has 1 atom stereocenters. The van der Waals surface area contributed by atoms with Gasteiger partial charge in [0.1, 0.15) is 12.4 Å². The first-order chi connectivity index (χ1) is 14.1. The maximum absolute atomic E-state index is 12.6. The minimum absolute atomic E-state index is 0.138. The van der Waals surface area contributed by atoms with Gasteiger partial charge in [-0.3, -0.25) is 4.79 Å². The molecule has 1 aromatic heterocycles. The highest BCUT2D eigenvalue weighted by Crippen LogP contribution is 2.22. The highest BCUT2D eigenvalue weighted by Gasteiger charge is 2.19. The van der Waals surface area contributed by atoms with Gasteiger partial charge in [-0.2, -0.15) is 0 Å². The zero-order valence-corrected chi connectivity index (χ0v) is 16.3. The number of aromatic nitrogens is 1. The fraction of sp³-hybridized carbons (Fsp3) is 0.304. The van der Waals surface area contributed by atoms with Gasteiger partial charge in [-0.15, -0.1) is 0 Å². The molecule has 2 aromatic carbocycles. The number of hydrogen-bond acceptors (Lipinski definition) is 5. The Morgan fingerprint density at radius 1 is 1.14 bits per heavy atom. The van der Waals surface area contributed by atoms with Crippen LogP contribution in [0.3, 0.4) is 0 Å². The lowest BCUT2D eigenvalue weighted by Gasteiger charge is -2.11. The SMILES string of the molecule is Cc1[nH]c2ccccc2c1C(=O)COC(=O)c1ccc(OCC2CCCO2)cc1. The number of nitrogens with one attached hydrogen (secondary N) is 1. The summed E-state index contributed by atoms with van der Waals surface area (Å²) in [4.78, 5) is 28.1. The van der Waals surface area contributed by atoms with Crippen molar-refractivity contribution in [3.05, 3.63) is 65.4 Å². The Bertz CT molecular complexity index is 1020. The third-order valence-corrected chi connectivity index (χ3v) is 5.06. The summed E-state index contributed by atoms with van der Waals surface area (Å²) < 4.78 is 16.5. The minimum atomic E-state index is -0.540. The number of Topliss-reactive ketones (excluding diaryl/α,β-unsaturated/α-hetero) is 1. The number of ketones is 1.